The number of hydrogen-bond acceptors (Lipinski definition) is 5. The van der Waals surface area contributed by atoms with E-state index in [2.05, 4.69) is 11.1 Å². The average molecular weight is 380 g/mol. The molecule has 0 spiro atoms. The Bertz CT molecular complexity index is 861. The van der Waals surface area contributed by atoms with Crippen molar-refractivity contribution in [2.45, 2.75) is 51.4 Å². The molecule has 2 fully saturated rings. The molecule has 1 aromatic rings. The molecule has 0 aromatic heterocycles. The second-order valence-corrected chi connectivity index (χ2v) is 9.07. The lowest BCUT2D eigenvalue weighted by atomic mass is 9.55. The molecule has 0 saturated heterocycles. The molecule has 26 heavy (non-hydrogen) atoms. The third kappa shape index (κ3) is 2.72. The van der Waals surface area contributed by atoms with Gasteiger partial charge in [0.05, 0.1) is 7.11 Å². The zero-order valence-corrected chi connectivity index (χ0v) is 15.8. The van der Waals surface area contributed by atoms with Crippen molar-refractivity contribution >= 4 is 16.2 Å². The van der Waals surface area contributed by atoms with Gasteiger partial charge in [-0.25, -0.2) is 0 Å². The number of benzene rings is 1. The first-order valence-electron chi connectivity index (χ1n) is 9.14. The van der Waals surface area contributed by atoms with Crippen LogP contribution in [0.2, 0.25) is 0 Å². The highest BCUT2D eigenvalue weighted by atomic mass is 32.3. The van der Waals surface area contributed by atoms with Gasteiger partial charge in [0.25, 0.3) is 0 Å². The predicted molar refractivity (Wildman–Crippen MR) is 94.8 cm³/mol. The van der Waals surface area contributed by atoms with Crippen molar-refractivity contribution in [3.63, 3.8) is 0 Å². The molecule has 1 N–H and O–H groups in total. The van der Waals surface area contributed by atoms with Gasteiger partial charge in [-0.15, -0.1) is 0 Å². The number of fused-ring (bicyclic) bond motifs is 5. The fourth-order valence-electron chi connectivity index (χ4n) is 5.69. The van der Waals surface area contributed by atoms with Gasteiger partial charge in [-0.2, -0.15) is 8.42 Å². The van der Waals surface area contributed by atoms with E-state index in [9.17, 15) is 13.2 Å². The maximum Gasteiger partial charge on any atom is 0.446 e. The summed E-state index contributed by atoms with van der Waals surface area (Å²) >= 11 is 0. The molecule has 4 atom stereocenters. The van der Waals surface area contributed by atoms with E-state index >= 15 is 0 Å². The summed E-state index contributed by atoms with van der Waals surface area (Å²) in [4.78, 5) is 12.4. The summed E-state index contributed by atoms with van der Waals surface area (Å²) < 4.78 is 41.2. The molecular weight excluding hydrogens is 356 g/mol. The number of rotatable bonds is 3. The summed E-state index contributed by atoms with van der Waals surface area (Å²) in [6.07, 6.45) is 5.33. The van der Waals surface area contributed by atoms with E-state index in [1.165, 1.54) is 12.7 Å². The van der Waals surface area contributed by atoms with Gasteiger partial charge in [-0.3, -0.25) is 9.35 Å². The maximum atomic E-state index is 12.4. The summed E-state index contributed by atoms with van der Waals surface area (Å²) in [5.41, 5.74) is 2.04. The van der Waals surface area contributed by atoms with Crippen LogP contribution in [0.3, 0.4) is 0 Å². The molecular formula is C19H24O6S. The number of ether oxygens (including phenoxy) is 1. The molecule has 6 nitrogen and oxygen atoms in total. The number of hydrogen-bond donors (Lipinski definition) is 1. The Kier molecular flexibility index (Phi) is 4.08. The first-order chi connectivity index (χ1) is 12.2. The number of ketones is 1. The van der Waals surface area contributed by atoms with Crippen LogP contribution >= 0.6 is 0 Å². The fourth-order valence-corrected chi connectivity index (χ4v) is 6.04. The van der Waals surface area contributed by atoms with E-state index < -0.39 is 10.4 Å². The molecule has 3 aliphatic rings. The Morgan fingerprint density at radius 2 is 1.92 bits per heavy atom. The summed E-state index contributed by atoms with van der Waals surface area (Å²) in [7, 11) is -3.15. The van der Waals surface area contributed by atoms with Crippen molar-refractivity contribution in [1.82, 2.24) is 0 Å². The van der Waals surface area contributed by atoms with Gasteiger partial charge in [-0.1, -0.05) is 6.92 Å². The van der Waals surface area contributed by atoms with Crippen molar-refractivity contribution in [3.05, 3.63) is 23.3 Å². The van der Waals surface area contributed by atoms with Crippen LogP contribution in [-0.2, 0) is 21.6 Å². The van der Waals surface area contributed by atoms with Gasteiger partial charge >= 0.3 is 10.4 Å². The average Bonchev–Trinajstić information content (AvgIpc) is 2.88. The number of carbonyl (C=O) groups is 1. The second-order valence-electron chi connectivity index (χ2n) is 8.05. The van der Waals surface area contributed by atoms with Gasteiger partial charge in [-0.05, 0) is 73.1 Å². The van der Waals surface area contributed by atoms with E-state index in [0.717, 1.165) is 37.7 Å². The van der Waals surface area contributed by atoms with Crippen LogP contribution in [0.5, 0.6) is 11.5 Å². The Labute approximate surface area is 153 Å². The predicted octanol–water partition coefficient (Wildman–Crippen LogP) is 3.30. The molecule has 1 aromatic carbocycles. The third-order valence-electron chi connectivity index (χ3n) is 6.91. The molecule has 0 bridgehead atoms. The molecule has 0 amide bonds. The van der Waals surface area contributed by atoms with Gasteiger partial charge in [0.1, 0.15) is 5.78 Å². The monoisotopic (exact) mass is 380 g/mol. The quantitative estimate of drug-likeness (QED) is 0.809. The molecule has 7 heteroatoms. The first-order valence-corrected chi connectivity index (χ1v) is 10.5. The Hall–Kier alpha value is -1.60. The van der Waals surface area contributed by atoms with Crippen LogP contribution in [0, 0.1) is 17.3 Å². The highest BCUT2D eigenvalue weighted by Crippen LogP contribution is 2.60. The van der Waals surface area contributed by atoms with Crippen molar-refractivity contribution in [1.29, 1.82) is 0 Å². The number of methoxy groups -OCH3 is 1. The maximum absolute atomic E-state index is 12.4. The highest BCUT2D eigenvalue weighted by molar-refractivity contribution is 7.81. The van der Waals surface area contributed by atoms with Crippen LogP contribution < -0.4 is 8.92 Å². The van der Waals surface area contributed by atoms with Gasteiger partial charge in [0, 0.05) is 11.8 Å². The topological polar surface area (TPSA) is 89.9 Å². The fraction of sp³-hybridized carbons (Fsp3) is 0.632. The van der Waals surface area contributed by atoms with Crippen LogP contribution in [-0.4, -0.2) is 25.9 Å². The third-order valence-corrected chi connectivity index (χ3v) is 7.30. The Morgan fingerprint density at radius 1 is 1.15 bits per heavy atom. The number of Topliss-reactive ketones (excluding diaryl/α,β-unsaturated/α-hetero) is 1. The van der Waals surface area contributed by atoms with Gasteiger partial charge < -0.3 is 8.92 Å². The lowest BCUT2D eigenvalue weighted by Gasteiger charge is -2.48. The molecule has 2 saturated carbocycles. The van der Waals surface area contributed by atoms with E-state index in [0.29, 0.717) is 35.7 Å². The van der Waals surface area contributed by atoms with Crippen molar-refractivity contribution < 1.29 is 26.7 Å². The summed E-state index contributed by atoms with van der Waals surface area (Å²) in [6.45, 7) is 2.14. The second kappa shape index (κ2) is 5.96. The van der Waals surface area contributed by atoms with Crippen molar-refractivity contribution in [2.24, 2.45) is 17.3 Å². The van der Waals surface area contributed by atoms with Crippen LogP contribution in [0.15, 0.2) is 12.1 Å². The highest BCUT2D eigenvalue weighted by Gasteiger charge is 2.54. The molecule has 4 rings (SSSR count). The summed E-state index contributed by atoms with van der Waals surface area (Å²) in [5, 5.41) is 0. The molecule has 3 aliphatic carbocycles. The largest absolute Gasteiger partial charge is 0.493 e. The van der Waals surface area contributed by atoms with E-state index in [-0.39, 0.29) is 11.2 Å². The Morgan fingerprint density at radius 3 is 2.62 bits per heavy atom. The van der Waals surface area contributed by atoms with E-state index in [4.69, 9.17) is 9.29 Å². The molecule has 0 unspecified atom stereocenters. The normalized spacial score (nSPS) is 33.2. The molecule has 0 aliphatic heterocycles. The van der Waals surface area contributed by atoms with E-state index in [1.807, 2.05) is 6.07 Å². The van der Waals surface area contributed by atoms with Crippen molar-refractivity contribution in [2.75, 3.05) is 7.11 Å². The SMILES string of the molecule is COc1cc2c(cc1OS(=O)(=O)O)CC[C@@H]1[C@@H]2CC[C@]2(C)C(=O)CC[C@@H]12. The smallest absolute Gasteiger partial charge is 0.446 e. The first kappa shape index (κ1) is 17.8. The molecule has 0 heterocycles. The van der Waals surface area contributed by atoms with Crippen LogP contribution in [0.25, 0.3) is 0 Å². The van der Waals surface area contributed by atoms with Crippen molar-refractivity contribution in [3.8, 4) is 11.5 Å². The zero-order valence-electron chi connectivity index (χ0n) is 15.0. The molecule has 142 valence electrons. The molecule has 0 radical (unpaired) electrons. The minimum atomic E-state index is -4.60. The minimum Gasteiger partial charge on any atom is -0.493 e. The van der Waals surface area contributed by atoms with Crippen LogP contribution in [0.1, 0.15) is 56.1 Å². The zero-order chi connectivity index (χ0) is 18.7. The summed E-state index contributed by atoms with van der Waals surface area (Å²) in [6, 6.07) is 3.53. The lowest BCUT2D eigenvalue weighted by Crippen LogP contribution is -2.42. The minimum absolute atomic E-state index is 0.0175. The van der Waals surface area contributed by atoms with Gasteiger partial charge in [0.15, 0.2) is 11.5 Å². The number of carbonyl (C=O) groups excluding carboxylic acids is 1. The summed E-state index contributed by atoms with van der Waals surface area (Å²) in [5.74, 6) is 2.01. The lowest BCUT2D eigenvalue weighted by molar-refractivity contribution is -0.129. The Balaban J connectivity index is 1.72. The number of aryl methyl sites for hydroxylation is 1. The standard InChI is InChI=1S/C19H24O6S/c1-19-8-7-12-13(15(19)5-6-18(19)20)4-3-11-9-17(25-26(21,22)23)16(24-2)10-14(11)12/h9-10,12-13,15H,3-8H2,1-2H3,(H,21,22,23)/t12-,13+,15-,19-/m0/s1. The van der Waals surface area contributed by atoms with Gasteiger partial charge in [0.2, 0.25) is 0 Å². The van der Waals surface area contributed by atoms with Crippen LogP contribution in [0.4, 0.5) is 0 Å². The van der Waals surface area contributed by atoms with E-state index in [1.54, 1.807) is 6.07 Å².